The van der Waals surface area contributed by atoms with E-state index in [-0.39, 0.29) is 25.2 Å². The fourth-order valence-corrected chi connectivity index (χ4v) is 3.89. The number of anilines is 1. The molecule has 10 heteroatoms. The normalized spacial score (nSPS) is 19.9. The van der Waals surface area contributed by atoms with Crippen LogP contribution < -0.4 is 5.32 Å². The number of halogens is 1. The number of aromatic nitrogens is 1. The molecule has 1 saturated carbocycles. The highest BCUT2D eigenvalue weighted by Crippen LogP contribution is 2.32. The van der Waals surface area contributed by atoms with Gasteiger partial charge < -0.3 is 5.32 Å². The van der Waals surface area contributed by atoms with Gasteiger partial charge in [-0.3, -0.25) is 19.6 Å². The van der Waals surface area contributed by atoms with Crippen molar-refractivity contribution in [2.75, 3.05) is 11.9 Å². The maximum absolute atomic E-state index is 13.2. The van der Waals surface area contributed by atoms with Crippen molar-refractivity contribution in [2.24, 2.45) is 16.9 Å². The van der Waals surface area contributed by atoms with Gasteiger partial charge in [-0.2, -0.15) is 9.49 Å². The number of nitrogens with zero attached hydrogens (tertiary/aromatic N) is 4. The van der Waals surface area contributed by atoms with Crippen LogP contribution in [0.25, 0.3) is 0 Å². The van der Waals surface area contributed by atoms with Crippen LogP contribution in [0.15, 0.2) is 23.3 Å². The Hall–Kier alpha value is -2.88. The SMILES string of the molecule is O=CN(O)C[C@@H](CC1CCCC1)C(=O)N1N=CC[C@H]1C(=O)Nc1cccc(F)n1. The van der Waals surface area contributed by atoms with E-state index in [1.54, 1.807) is 0 Å². The molecule has 1 fully saturated rings. The Kier molecular flexibility index (Phi) is 6.86. The monoisotopic (exact) mass is 405 g/mol. The molecule has 0 bridgehead atoms. The van der Waals surface area contributed by atoms with Crippen LogP contribution >= 0.6 is 0 Å². The first-order valence-corrected chi connectivity index (χ1v) is 9.67. The van der Waals surface area contributed by atoms with Gasteiger partial charge in [0.1, 0.15) is 11.9 Å². The summed E-state index contributed by atoms with van der Waals surface area (Å²) < 4.78 is 13.2. The zero-order valence-corrected chi connectivity index (χ0v) is 15.9. The predicted octanol–water partition coefficient (Wildman–Crippen LogP) is 1.79. The molecule has 2 aliphatic rings. The molecule has 2 heterocycles. The van der Waals surface area contributed by atoms with Crippen LogP contribution in [0.1, 0.15) is 38.5 Å². The molecule has 0 aromatic carbocycles. The third-order valence-electron chi connectivity index (χ3n) is 5.30. The number of carbonyl (C=O) groups excluding carboxylic acids is 3. The first kappa shape index (κ1) is 20.8. The van der Waals surface area contributed by atoms with Crippen LogP contribution in [-0.2, 0) is 14.4 Å². The number of hydrogen-bond acceptors (Lipinski definition) is 6. The standard InChI is InChI=1S/C19H24FN5O4/c20-16-6-3-7-17(22-16)23-18(27)15-8-9-21-25(15)19(28)14(11-24(29)12-26)10-13-4-1-2-5-13/h3,6-7,9,12-15,29H,1-2,4-5,8,10-11H2,(H,22,23,27)/t14-,15+/m1/s1. The lowest BCUT2D eigenvalue weighted by molar-refractivity contribution is -0.158. The van der Waals surface area contributed by atoms with Crippen molar-refractivity contribution < 1.29 is 24.0 Å². The van der Waals surface area contributed by atoms with Gasteiger partial charge in [0, 0.05) is 12.6 Å². The van der Waals surface area contributed by atoms with Crippen molar-refractivity contribution in [3.05, 3.63) is 24.1 Å². The Balaban J connectivity index is 1.70. The Morgan fingerprint density at radius 3 is 2.83 bits per heavy atom. The number of amides is 3. The summed E-state index contributed by atoms with van der Waals surface area (Å²) in [6.07, 6.45) is 6.61. The van der Waals surface area contributed by atoms with Gasteiger partial charge in [-0.1, -0.05) is 31.7 Å². The minimum absolute atomic E-state index is 0.0410. The third kappa shape index (κ3) is 5.35. The van der Waals surface area contributed by atoms with Gasteiger partial charge in [0.05, 0.1) is 12.5 Å². The second-order valence-electron chi connectivity index (χ2n) is 7.38. The molecule has 0 spiro atoms. The molecule has 3 rings (SSSR count). The lowest BCUT2D eigenvalue weighted by Crippen LogP contribution is -2.46. The van der Waals surface area contributed by atoms with Crippen LogP contribution in [-0.4, -0.2) is 57.3 Å². The summed E-state index contributed by atoms with van der Waals surface area (Å²) >= 11 is 0. The third-order valence-corrected chi connectivity index (χ3v) is 5.30. The summed E-state index contributed by atoms with van der Waals surface area (Å²) in [7, 11) is 0. The van der Waals surface area contributed by atoms with Crippen molar-refractivity contribution in [3.63, 3.8) is 0 Å². The van der Waals surface area contributed by atoms with E-state index < -0.39 is 29.7 Å². The Morgan fingerprint density at radius 1 is 1.38 bits per heavy atom. The quantitative estimate of drug-likeness (QED) is 0.296. The van der Waals surface area contributed by atoms with Gasteiger partial charge in [-0.25, -0.2) is 15.1 Å². The van der Waals surface area contributed by atoms with E-state index >= 15 is 0 Å². The first-order chi connectivity index (χ1) is 14.0. The number of hydrazone groups is 1. The van der Waals surface area contributed by atoms with Gasteiger partial charge in [0.15, 0.2) is 0 Å². The van der Waals surface area contributed by atoms with Crippen LogP contribution in [0.3, 0.4) is 0 Å². The maximum Gasteiger partial charge on any atom is 0.250 e. The highest BCUT2D eigenvalue weighted by Gasteiger charge is 2.38. The molecular weight excluding hydrogens is 381 g/mol. The zero-order chi connectivity index (χ0) is 20.8. The van der Waals surface area contributed by atoms with Crippen molar-refractivity contribution in [3.8, 4) is 0 Å². The fraction of sp³-hybridized carbons (Fsp3) is 0.526. The van der Waals surface area contributed by atoms with E-state index in [2.05, 4.69) is 15.4 Å². The summed E-state index contributed by atoms with van der Waals surface area (Å²) in [5.74, 6) is -2.00. The van der Waals surface area contributed by atoms with E-state index in [0.29, 0.717) is 17.4 Å². The Labute approximate surface area is 167 Å². The van der Waals surface area contributed by atoms with E-state index in [9.17, 15) is 24.0 Å². The molecule has 2 N–H and O–H groups in total. The lowest BCUT2D eigenvalue weighted by atomic mass is 9.92. The summed E-state index contributed by atoms with van der Waals surface area (Å²) in [6.45, 7) is -0.162. The molecule has 156 valence electrons. The van der Waals surface area contributed by atoms with E-state index in [0.717, 1.165) is 36.8 Å². The Bertz CT molecular complexity index is 784. The molecule has 1 aliphatic heterocycles. The van der Waals surface area contributed by atoms with E-state index in [1.807, 2.05) is 0 Å². The molecule has 0 unspecified atom stereocenters. The largest absolute Gasteiger partial charge is 0.309 e. The van der Waals surface area contributed by atoms with Crippen molar-refractivity contribution in [1.82, 2.24) is 15.1 Å². The van der Waals surface area contributed by atoms with Crippen LogP contribution in [0, 0.1) is 17.8 Å². The summed E-state index contributed by atoms with van der Waals surface area (Å²) in [5, 5.41) is 17.7. The molecule has 0 saturated heterocycles. The van der Waals surface area contributed by atoms with Crippen LogP contribution in [0.5, 0.6) is 0 Å². The number of rotatable bonds is 8. The number of nitrogens with one attached hydrogen (secondary N) is 1. The van der Waals surface area contributed by atoms with Gasteiger partial charge in [0.25, 0.3) is 5.91 Å². The predicted molar refractivity (Wildman–Crippen MR) is 101 cm³/mol. The topological polar surface area (TPSA) is 115 Å². The van der Waals surface area contributed by atoms with Gasteiger partial charge in [-0.05, 0) is 24.5 Å². The molecule has 9 nitrogen and oxygen atoms in total. The number of pyridine rings is 1. The van der Waals surface area contributed by atoms with Crippen molar-refractivity contribution >= 4 is 30.3 Å². The van der Waals surface area contributed by atoms with Crippen molar-refractivity contribution in [1.29, 1.82) is 0 Å². The number of carbonyl (C=O) groups is 3. The zero-order valence-electron chi connectivity index (χ0n) is 15.9. The minimum atomic E-state index is -0.901. The summed E-state index contributed by atoms with van der Waals surface area (Å²) in [6, 6.07) is 3.12. The molecular formula is C19H24FN5O4. The molecule has 2 atom stereocenters. The van der Waals surface area contributed by atoms with E-state index in [1.165, 1.54) is 18.3 Å². The smallest absolute Gasteiger partial charge is 0.250 e. The highest BCUT2D eigenvalue weighted by molar-refractivity contribution is 5.99. The molecule has 29 heavy (non-hydrogen) atoms. The Morgan fingerprint density at radius 2 is 2.14 bits per heavy atom. The van der Waals surface area contributed by atoms with Crippen LogP contribution in [0.2, 0.25) is 0 Å². The molecule has 1 aliphatic carbocycles. The highest BCUT2D eigenvalue weighted by atomic mass is 19.1. The van der Waals surface area contributed by atoms with Crippen molar-refractivity contribution in [2.45, 2.75) is 44.6 Å². The lowest BCUT2D eigenvalue weighted by Gasteiger charge is -2.28. The molecule has 1 aromatic rings. The van der Waals surface area contributed by atoms with Gasteiger partial charge >= 0.3 is 0 Å². The molecule has 0 radical (unpaired) electrons. The van der Waals surface area contributed by atoms with Gasteiger partial charge in [0.2, 0.25) is 18.3 Å². The number of hydroxylamine groups is 2. The van der Waals surface area contributed by atoms with E-state index in [4.69, 9.17) is 0 Å². The summed E-state index contributed by atoms with van der Waals surface area (Å²) in [4.78, 5) is 40.2. The first-order valence-electron chi connectivity index (χ1n) is 9.67. The van der Waals surface area contributed by atoms with Gasteiger partial charge in [-0.15, -0.1) is 0 Å². The maximum atomic E-state index is 13.2. The second kappa shape index (κ2) is 9.55. The average molecular weight is 405 g/mol. The fourth-order valence-electron chi connectivity index (χ4n) is 3.89. The average Bonchev–Trinajstić information content (AvgIpc) is 3.38. The molecule has 3 amide bonds. The minimum Gasteiger partial charge on any atom is -0.309 e. The second-order valence-corrected chi connectivity index (χ2v) is 7.38. The summed E-state index contributed by atoms with van der Waals surface area (Å²) in [5.41, 5.74) is 0. The van der Waals surface area contributed by atoms with Crippen LogP contribution in [0.4, 0.5) is 10.2 Å². The number of hydrogen-bond donors (Lipinski definition) is 2. The molecule has 1 aromatic heterocycles.